The summed E-state index contributed by atoms with van der Waals surface area (Å²) < 4.78 is 1.04. The number of carbonyl (C=O) groups is 1. The van der Waals surface area contributed by atoms with Gasteiger partial charge in [-0.25, -0.2) is 0 Å². The topological polar surface area (TPSA) is 37.3 Å². The van der Waals surface area contributed by atoms with E-state index in [-0.39, 0.29) is 11.8 Å². The fourth-order valence-electron chi connectivity index (χ4n) is 2.81. The highest BCUT2D eigenvalue weighted by molar-refractivity contribution is 9.10. The number of rotatable bonds is 2. The highest BCUT2D eigenvalue weighted by atomic mass is 79.9. The largest absolute Gasteiger partial charge is 0.481 e. The van der Waals surface area contributed by atoms with Crippen LogP contribution in [0.25, 0.3) is 0 Å². The van der Waals surface area contributed by atoms with Gasteiger partial charge in [-0.2, -0.15) is 0 Å². The van der Waals surface area contributed by atoms with E-state index in [1.54, 1.807) is 0 Å². The van der Waals surface area contributed by atoms with Gasteiger partial charge in [-0.1, -0.05) is 34.8 Å². The fraction of sp³-hybridized carbons (Fsp3) is 0.500. The third-order valence-corrected chi connectivity index (χ3v) is 4.22. The van der Waals surface area contributed by atoms with Crippen molar-refractivity contribution in [2.45, 2.75) is 38.5 Å². The summed E-state index contributed by atoms with van der Waals surface area (Å²) in [4.78, 5) is 11.3. The van der Waals surface area contributed by atoms with Crippen LogP contribution in [0.2, 0.25) is 0 Å². The zero-order chi connectivity index (χ0) is 12.4. The van der Waals surface area contributed by atoms with Gasteiger partial charge >= 0.3 is 5.97 Å². The van der Waals surface area contributed by atoms with Gasteiger partial charge in [0.15, 0.2) is 0 Å². The van der Waals surface area contributed by atoms with Crippen LogP contribution in [0, 0.1) is 12.8 Å². The highest BCUT2D eigenvalue weighted by Gasteiger charge is 2.32. The van der Waals surface area contributed by atoms with Crippen molar-refractivity contribution in [3.63, 3.8) is 0 Å². The molecular formula is C14H17BrO2. The van der Waals surface area contributed by atoms with Crippen molar-refractivity contribution in [1.82, 2.24) is 0 Å². The molecule has 1 aliphatic rings. The van der Waals surface area contributed by atoms with Gasteiger partial charge in [0.05, 0.1) is 5.92 Å². The number of aliphatic carboxylic acids is 1. The lowest BCUT2D eigenvalue weighted by molar-refractivity contribution is -0.143. The van der Waals surface area contributed by atoms with Gasteiger partial charge in [0.1, 0.15) is 0 Å². The molecule has 2 nitrogen and oxygen atoms in total. The summed E-state index contributed by atoms with van der Waals surface area (Å²) in [7, 11) is 0. The Hall–Kier alpha value is -0.830. The number of carboxylic acid groups (broad SMARTS) is 1. The third kappa shape index (κ3) is 2.71. The molecule has 17 heavy (non-hydrogen) atoms. The first-order valence-corrected chi connectivity index (χ1v) is 6.87. The van der Waals surface area contributed by atoms with Gasteiger partial charge in [0.2, 0.25) is 0 Å². The number of benzene rings is 1. The summed E-state index contributed by atoms with van der Waals surface area (Å²) in [6, 6.07) is 6.16. The first-order chi connectivity index (χ1) is 8.09. The van der Waals surface area contributed by atoms with Crippen LogP contribution in [-0.2, 0) is 4.79 Å². The van der Waals surface area contributed by atoms with Crippen molar-refractivity contribution in [3.8, 4) is 0 Å². The highest BCUT2D eigenvalue weighted by Crippen LogP contribution is 2.39. The summed E-state index contributed by atoms with van der Waals surface area (Å²) in [5.74, 6) is -0.676. The monoisotopic (exact) mass is 296 g/mol. The van der Waals surface area contributed by atoms with E-state index in [0.717, 1.165) is 30.2 Å². The SMILES string of the molecule is Cc1ccc(Br)cc1C1CCCCC1C(=O)O. The smallest absolute Gasteiger partial charge is 0.307 e. The summed E-state index contributed by atoms with van der Waals surface area (Å²) >= 11 is 3.47. The van der Waals surface area contributed by atoms with Crippen LogP contribution in [0.5, 0.6) is 0 Å². The molecule has 0 aromatic heterocycles. The lowest BCUT2D eigenvalue weighted by Gasteiger charge is -2.30. The first-order valence-electron chi connectivity index (χ1n) is 6.08. The van der Waals surface area contributed by atoms with Crippen molar-refractivity contribution < 1.29 is 9.90 Å². The molecule has 1 N–H and O–H groups in total. The number of halogens is 1. The second kappa shape index (κ2) is 5.21. The van der Waals surface area contributed by atoms with Crippen LogP contribution in [0.15, 0.2) is 22.7 Å². The lowest BCUT2D eigenvalue weighted by Crippen LogP contribution is -2.25. The van der Waals surface area contributed by atoms with Crippen molar-refractivity contribution in [1.29, 1.82) is 0 Å². The first kappa shape index (κ1) is 12.6. The molecular weight excluding hydrogens is 280 g/mol. The summed E-state index contributed by atoms with van der Waals surface area (Å²) in [6.07, 6.45) is 3.99. The molecule has 0 spiro atoms. The third-order valence-electron chi connectivity index (χ3n) is 3.72. The van der Waals surface area contributed by atoms with Crippen LogP contribution < -0.4 is 0 Å². The zero-order valence-electron chi connectivity index (χ0n) is 9.95. The van der Waals surface area contributed by atoms with Gasteiger partial charge in [-0.15, -0.1) is 0 Å². The maximum atomic E-state index is 11.3. The molecule has 2 atom stereocenters. The van der Waals surface area contributed by atoms with Gasteiger partial charge in [-0.3, -0.25) is 4.79 Å². The number of hydrogen-bond donors (Lipinski definition) is 1. The van der Waals surface area contributed by atoms with E-state index in [0.29, 0.717) is 0 Å². The fourth-order valence-corrected chi connectivity index (χ4v) is 3.19. The number of aryl methyl sites for hydroxylation is 1. The lowest BCUT2D eigenvalue weighted by atomic mass is 9.74. The molecule has 0 bridgehead atoms. The van der Waals surface area contributed by atoms with Gasteiger partial charge in [-0.05, 0) is 48.9 Å². The molecule has 0 saturated heterocycles. The Kier molecular flexibility index (Phi) is 3.87. The predicted octanol–water partition coefficient (Wildman–Crippen LogP) is 4.12. The maximum absolute atomic E-state index is 11.3. The Balaban J connectivity index is 2.35. The van der Waals surface area contributed by atoms with Crippen molar-refractivity contribution in [3.05, 3.63) is 33.8 Å². The second-order valence-corrected chi connectivity index (χ2v) is 5.75. The van der Waals surface area contributed by atoms with Crippen LogP contribution >= 0.6 is 15.9 Å². The molecule has 2 rings (SSSR count). The zero-order valence-corrected chi connectivity index (χ0v) is 11.5. The molecule has 0 aliphatic heterocycles. The predicted molar refractivity (Wildman–Crippen MR) is 71.2 cm³/mol. The minimum atomic E-state index is -0.644. The average Bonchev–Trinajstić information content (AvgIpc) is 2.32. The van der Waals surface area contributed by atoms with Crippen LogP contribution in [-0.4, -0.2) is 11.1 Å². The molecule has 0 amide bonds. The van der Waals surface area contributed by atoms with E-state index >= 15 is 0 Å². The van der Waals surface area contributed by atoms with Crippen molar-refractivity contribution in [2.24, 2.45) is 5.92 Å². The normalized spacial score (nSPS) is 24.6. The Morgan fingerprint density at radius 2 is 2.06 bits per heavy atom. The van der Waals surface area contributed by atoms with E-state index in [9.17, 15) is 9.90 Å². The molecule has 92 valence electrons. The Bertz CT molecular complexity index is 428. The molecule has 1 fully saturated rings. The second-order valence-electron chi connectivity index (χ2n) is 4.84. The molecule has 0 radical (unpaired) electrons. The Labute approximate surface area is 110 Å². The summed E-state index contributed by atoms with van der Waals surface area (Å²) in [6.45, 7) is 2.06. The van der Waals surface area contributed by atoms with Crippen LogP contribution in [0.4, 0.5) is 0 Å². The van der Waals surface area contributed by atoms with E-state index < -0.39 is 5.97 Å². The minimum absolute atomic E-state index is 0.179. The van der Waals surface area contributed by atoms with Crippen molar-refractivity contribution in [2.75, 3.05) is 0 Å². The number of hydrogen-bond acceptors (Lipinski definition) is 1. The average molecular weight is 297 g/mol. The molecule has 1 aliphatic carbocycles. The Morgan fingerprint density at radius 3 is 2.76 bits per heavy atom. The van der Waals surface area contributed by atoms with E-state index in [1.165, 1.54) is 11.1 Å². The van der Waals surface area contributed by atoms with E-state index in [1.807, 2.05) is 6.07 Å². The standard InChI is InChI=1S/C14H17BrO2/c1-9-6-7-10(15)8-13(9)11-4-2-3-5-12(11)14(16)17/h6-8,11-12H,2-5H2,1H3,(H,16,17). The number of carboxylic acids is 1. The Morgan fingerprint density at radius 1 is 1.35 bits per heavy atom. The van der Waals surface area contributed by atoms with E-state index in [4.69, 9.17) is 0 Å². The molecule has 1 aromatic carbocycles. The molecule has 1 saturated carbocycles. The molecule has 1 aromatic rings. The van der Waals surface area contributed by atoms with Crippen LogP contribution in [0.1, 0.15) is 42.7 Å². The van der Waals surface area contributed by atoms with E-state index in [2.05, 4.69) is 35.0 Å². The molecule has 0 heterocycles. The minimum Gasteiger partial charge on any atom is -0.481 e. The maximum Gasteiger partial charge on any atom is 0.307 e. The molecule has 3 heteroatoms. The van der Waals surface area contributed by atoms with Gasteiger partial charge < -0.3 is 5.11 Å². The van der Waals surface area contributed by atoms with Gasteiger partial charge in [0.25, 0.3) is 0 Å². The quantitative estimate of drug-likeness (QED) is 0.891. The van der Waals surface area contributed by atoms with Crippen molar-refractivity contribution >= 4 is 21.9 Å². The summed E-state index contributed by atoms with van der Waals surface area (Å²) in [5.41, 5.74) is 2.40. The van der Waals surface area contributed by atoms with Gasteiger partial charge in [0, 0.05) is 4.47 Å². The van der Waals surface area contributed by atoms with Crippen LogP contribution in [0.3, 0.4) is 0 Å². The molecule has 2 unspecified atom stereocenters. The summed E-state index contributed by atoms with van der Waals surface area (Å²) in [5, 5.41) is 9.32.